The maximum Gasteiger partial charge on any atom is 0.312 e. The van der Waals surface area contributed by atoms with Crippen LogP contribution in [-0.4, -0.2) is 5.78 Å². The lowest BCUT2D eigenvalue weighted by Crippen LogP contribution is -2.11. The molecule has 0 atom stereocenters. The average molecular weight is 323 g/mol. The van der Waals surface area contributed by atoms with Gasteiger partial charge in [0.05, 0.1) is 5.69 Å². The highest BCUT2D eigenvalue weighted by Gasteiger charge is 2.66. The van der Waals surface area contributed by atoms with E-state index in [1.165, 1.54) is 12.1 Å². The molecule has 2 N–H and O–H groups in total. The summed E-state index contributed by atoms with van der Waals surface area (Å²) < 4.78 is 63.5. The van der Waals surface area contributed by atoms with E-state index in [0.717, 1.165) is 0 Å². The van der Waals surface area contributed by atoms with E-state index in [2.05, 4.69) is 0 Å². The van der Waals surface area contributed by atoms with Gasteiger partial charge in [0, 0.05) is 11.1 Å². The summed E-state index contributed by atoms with van der Waals surface area (Å²) in [6, 6.07) is 9.16. The number of carbonyl (C=O) groups is 1. The van der Waals surface area contributed by atoms with Gasteiger partial charge in [0.2, 0.25) is 0 Å². The third-order valence-corrected chi connectivity index (χ3v) is 3.93. The third kappa shape index (κ3) is 3.33. The van der Waals surface area contributed by atoms with Crippen LogP contribution < -0.4 is 5.73 Å². The fraction of sp³-hybridized carbons (Fsp3) is 0. The van der Waals surface area contributed by atoms with Gasteiger partial charge in [0.1, 0.15) is 4.90 Å². The molecular formula is C13H10F5NOS. The molecule has 0 fully saturated rings. The Kier molecular flexibility index (Phi) is 2.89. The molecular weight excluding hydrogens is 313 g/mol. The van der Waals surface area contributed by atoms with Crippen LogP contribution in [0, 0.1) is 0 Å². The van der Waals surface area contributed by atoms with Crippen molar-refractivity contribution in [1.82, 2.24) is 0 Å². The van der Waals surface area contributed by atoms with Crippen LogP contribution in [0.15, 0.2) is 53.4 Å². The van der Waals surface area contributed by atoms with Crippen molar-refractivity contribution in [2.45, 2.75) is 4.90 Å². The van der Waals surface area contributed by atoms with E-state index >= 15 is 0 Å². The molecule has 2 nitrogen and oxygen atoms in total. The molecule has 114 valence electrons. The van der Waals surface area contributed by atoms with Gasteiger partial charge in [-0.25, -0.2) is 0 Å². The summed E-state index contributed by atoms with van der Waals surface area (Å²) in [7, 11) is -9.86. The number of ketones is 1. The van der Waals surface area contributed by atoms with Crippen molar-refractivity contribution < 1.29 is 24.2 Å². The van der Waals surface area contributed by atoms with Gasteiger partial charge in [-0.2, -0.15) is 0 Å². The van der Waals surface area contributed by atoms with E-state index in [9.17, 15) is 24.2 Å². The van der Waals surface area contributed by atoms with Crippen LogP contribution in [0.1, 0.15) is 15.9 Å². The molecule has 8 heteroatoms. The fourth-order valence-electron chi connectivity index (χ4n) is 1.80. The molecule has 0 aliphatic rings. The normalized spacial score (nSPS) is 15.1. The second kappa shape index (κ2) is 3.97. The molecule has 0 heterocycles. The Morgan fingerprint density at radius 2 is 1.43 bits per heavy atom. The average Bonchev–Trinajstić information content (AvgIpc) is 2.35. The Labute approximate surface area is 117 Å². The van der Waals surface area contributed by atoms with Crippen molar-refractivity contribution in [2.24, 2.45) is 0 Å². The van der Waals surface area contributed by atoms with Crippen molar-refractivity contribution in [3.63, 3.8) is 0 Å². The largest absolute Gasteiger partial charge is 0.398 e. The van der Waals surface area contributed by atoms with Gasteiger partial charge < -0.3 is 5.73 Å². The summed E-state index contributed by atoms with van der Waals surface area (Å²) in [5.41, 5.74) is 3.93. The molecule has 2 aromatic carbocycles. The van der Waals surface area contributed by atoms with Crippen molar-refractivity contribution >= 4 is 21.7 Å². The van der Waals surface area contributed by atoms with Gasteiger partial charge in [-0.1, -0.05) is 49.8 Å². The Morgan fingerprint density at radius 3 is 1.90 bits per heavy atom. The minimum Gasteiger partial charge on any atom is -0.398 e. The highest BCUT2D eigenvalue weighted by molar-refractivity contribution is 8.45. The smallest absolute Gasteiger partial charge is 0.312 e. The van der Waals surface area contributed by atoms with Gasteiger partial charge in [0.15, 0.2) is 5.78 Å². The zero-order valence-electron chi connectivity index (χ0n) is 10.4. The van der Waals surface area contributed by atoms with Crippen molar-refractivity contribution in [2.75, 3.05) is 5.73 Å². The maximum absolute atomic E-state index is 12.7. The molecule has 21 heavy (non-hydrogen) atoms. The lowest BCUT2D eigenvalue weighted by atomic mass is 10.0. The third-order valence-electron chi connectivity index (χ3n) is 2.72. The van der Waals surface area contributed by atoms with E-state index in [4.69, 9.17) is 5.73 Å². The Hall–Kier alpha value is -2.09. The molecule has 2 rings (SSSR count). The standard InChI is InChI=1S/C13H10F5NOS/c14-21(15,16,17,18)12-7-6-10(8-11(12)19)13(20)9-4-2-1-3-5-9/h1-8H,19H2. The molecule has 0 unspecified atom stereocenters. The number of benzene rings is 2. The number of nitrogen functional groups attached to an aromatic ring is 1. The lowest BCUT2D eigenvalue weighted by molar-refractivity contribution is 0.103. The van der Waals surface area contributed by atoms with Gasteiger partial charge in [-0.05, 0) is 18.2 Å². The molecule has 0 bridgehead atoms. The van der Waals surface area contributed by atoms with Gasteiger partial charge in [-0.15, -0.1) is 0 Å². The van der Waals surface area contributed by atoms with Crippen LogP contribution in [0.3, 0.4) is 0 Å². The predicted octanol–water partition coefficient (Wildman–Crippen LogP) is 5.16. The van der Waals surface area contributed by atoms with Crippen LogP contribution in [0.5, 0.6) is 0 Å². The molecule has 2 aromatic rings. The topological polar surface area (TPSA) is 43.1 Å². The quantitative estimate of drug-likeness (QED) is 0.482. The van der Waals surface area contributed by atoms with Crippen molar-refractivity contribution in [3.05, 3.63) is 59.7 Å². The predicted molar refractivity (Wildman–Crippen MR) is 72.1 cm³/mol. The monoisotopic (exact) mass is 323 g/mol. The first-order valence-electron chi connectivity index (χ1n) is 5.62. The minimum absolute atomic E-state index is 0.146. The number of halogens is 5. The first-order valence-corrected chi connectivity index (χ1v) is 7.57. The zero-order chi connectivity index (χ0) is 16.0. The minimum atomic E-state index is -9.86. The highest BCUT2D eigenvalue weighted by atomic mass is 32.5. The summed E-state index contributed by atoms with van der Waals surface area (Å²) in [6.45, 7) is 0. The van der Waals surface area contributed by atoms with Crippen LogP contribution in [0.4, 0.5) is 25.1 Å². The molecule has 0 saturated heterocycles. The highest BCUT2D eigenvalue weighted by Crippen LogP contribution is 3.02. The summed E-state index contributed by atoms with van der Waals surface area (Å²) in [5.74, 6) is -0.601. The number of carbonyl (C=O) groups excluding carboxylic acids is 1. The fourth-order valence-corrected chi connectivity index (χ4v) is 2.63. The van der Waals surface area contributed by atoms with Gasteiger partial charge in [-0.3, -0.25) is 4.79 Å². The van der Waals surface area contributed by atoms with Crippen LogP contribution >= 0.6 is 10.2 Å². The molecule has 0 aliphatic heterocycles. The Balaban J connectivity index is 2.49. The molecule has 0 radical (unpaired) electrons. The second-order valence-electron chi connectivity index (χ2n) is 4.42. The van der Waals surface area contributed by atoms with E-state index in [-0.39, 0.29) is 17.2 Å². The number of hydrogen-bond acceptors (Lipinski definition) is 2. The van der Waals surface area contributed by atoms with Crippen molar-refractivity contribution in [1.29, 1.82) is 0 Å². The zero-order valence-corrected chi connectivity index (χ0v) is 11.2. The number of nitrogens with two attached hydrogens (primary N) is 1. The molecule has 0 amide bonds. The van der Waals surface area contributed by atoms with E-state index < -0.39 is 26.6 Å². The Bertz CT molecular complexity index is 713. The van der Waals surface area contributed by atoms with Crippen LogP contribution in [0.2, 0.25) is 0 Å². The molecule has 0 spiro atoms. The maximum atomic E-state index is 12.7. The summed E-state index contributed by atoms with van der Waals surface area (Å²) in [5, 5.41) is 0. The van der Waals surface area contributed by atoms with Gasteiger partial charge in [0.25, 0.3) is 0 Å². The van der Waals surface area contributed by atoms with Crippen LogP contribution in [0.25, 0.3) is 0 Å². The van der Waals surface area contributed by atoms with E-state index in [0.29, 0.717) is 12.1 Å². The Morgan fingerprint density at radius 1 is 0.857 bits per heavy atom. The van der Waals surface area contributed by atoms with E-state index in [1.807, 2.05) is 0 Å². The number of anilines is 1. The summed E-state index contributed by atoms with van der Waals surface area (Å²) >= 11 is 0. The van der Waals surface area contributed by atoms with Gasteiger partial charge >= 0.3 is 10.2 Å². The summed E-state index contributed by atoms with van der Waals surface area (Å²) in [4.78, 5) is 9.82. The lowest BCUT2D eigenvalue weighted by Gasteiger charge is -2.41. The van der Waals surface area contributed by atoms with Crippen LogP contribution in [-0.2, 0) is 0 Å². The first-order chi connectivity index (χ1) is 9.38. The molecule has 0 saturated carbocycles. The first kappa shape index (κ1) is 15.3. The molecule has 0 aromatic heterocycles. The molecule has 0 aliphatic carbocycles. The summed E-state index contributed by atoms with van der Waals surface area (Å²) in [6.07, 6.45) is 0. The SMILES string of the molecule is Nc1cc(C(=O)c2ccccc2)ccc1S(F)(F)(F)(F)F. The number of rotatable bonds is 3. The van der Waals surface area contributed by atoms with E-state index in [1.54, 1.807) is 18.2 Å². The second-order valence-corrected chi connectivity index (χ2v) is 6.79. The van der Waals surface area contributed by atoms with Crippen molar-refractivity contribution in [3.8, 4) is 0 Å². The number of hydrogen-bond donors (Lipinski definition) is 1.